The molecule has 2 aromatic rings. The SMILES string of the molecule is O=C(NC1(Cc2ccc(Cl)cc2)CCCOC1)C(F)(F)c1nccs1. The maximum atomic E-state index is 14.4. The Morgan fingerprint density at radius 2 is 2.16 bits per heavy atom. The molecule has 4 nitrogen and oxygen atoms in total. The van der Waals surface area contributed by atoms with E-state index in [1.54, 1.807) is 12.1 Å². The highest BCUT2D eigenvalue weighted by Gasteiger charge is 2.47. The quantitative estimate of drug-likeness (QED) is 0.850. The summed E-state index contributed by atoms with van der Waals surface area (Å²) in [6.07, 6.45) is 2.91. The van der Waals surface area contributed by atoms with E-state index in [9.17, 15) is 13.6 Å². The Labute approximate surface area is 153 Å². The Balaban J connectivity index is 1.80. The van der Waals surface area contributed by atoms with Crippen molar-refractivity contribution in [3.8, 4) is 0 Å². The molecule has 1 aliphatic heterocycles. The Kier molecular flexibility index (Phi) is 5.36. The molecule has 25 heavy (non-hydrogen) atoms. The van der Waals surface area contributed by atoms with Crippen LogP contribution < -0.4 is 5.32 Å². The maximum Gasteiger partial charge on any atom is 0.375 e. The van der Waals surface area contributed by atoms with E-state index < -0.39 is 22.4 Å². The summed E-state index contributed by atoms with van der Waals surface area (Å²) in [6.45, 7) is 0.746. The molecule has 1 amide bonds. The van der Waals surface area contributed by atoms with Gasteiger partial charge in [0, 0.05) is 23.2 Å². The van der Waals surface area contributed by atoms with Crippen LogP contribution in [-0.2, 0) is 21.9 Å². The van der Waals surface area contributed by atoms with E-state index in [-0.39, 0.29) is 6.61 Å². The second kappa shape index (κ2) is 7.35. The normalized spacial score (nSPS) is 21.1. The molecule has 0 spiro atoms. The molecule has 134 valence electrons. The van der Waals surface area contributed by atoms with Gasteiger partial charge in [0.1, 0.15) is 0 Å². The number of hydrogen-bond donors (Lipinski definition) is 1. The summed E-state index contributed by atoms with van der Waals surface area (Å²) < 4.78 is 34.2. The molecule has 0 aliphatic carbocycles. The number of carbonyl (C=O) groups excluding carboxylic acids is 1. The van der Waals surface area contributed by atoms with Crippen molar-refractivity contribution in [1.82, 2.24) is 10.3 Å². The number of carbonyl (C=O) groups is 1. The largest absolute Gasteiger partial charge is 0.379 e. The highest BCUT2D eigenvalue weighted by molar-refractivity contribution is 7.09. The summed E-state index contributed by atoms with van der Waals surface area (Å²) in [6, 6.07) is 7.12. The van der Waals surface area contributed by atoms with Crippen molar-refractivity contribution in [3.63, 3.8) is 0 Å². The van der Waals surface area contributed by atoms with Gasteiger partial charge in [0.15, 0.2) is 5.01 Å². The minimum atomic E-state index is -3.67. The summed E-state index contributed by atoms with van der Waals surface area (Å²) >= 11 is 6.65. The van der Waals surface area contributed by atoms with Gasteiger partial charge < -0.3 is 10.1 Å². The third kappa shape index (κ3) is 4.16. The zero-order chi connectivity index (χ0) is 17.9. The van der Waals surface area contributed by atoms with Gasteiger partial charge in [-0.1, -0.05) is 23.7 Å². The van der Waals surface area contributed by atoms with Crippen LogP contribution in [0.4, 0.5) is 8.78 Å². The number of ether oxygens (including phenoxy) is 1. The average molecular weight is 387 g/mol. The molecule has 2 heterocycles. The molecule has 0 bridgehead atoms. The average Bonchev–Trinajstić information content (AvgIpc) is 3.13. The zero-order valence-corrected chi connectivity index (χ0v) is 14.9. The van der Waals surface area contributed by atoms with Crippen LogP contribution >= 0.6 is 22.9 Å². The van der Waals surface area contributed by atoms with Crippen LogP contribution in [-0.4, -0.2) is 29.6 Å². The van der Waals surface area contributed by atoms with Crippen LogP contribution in [0.15, 0.2) is 35.8 Å². The molecule has 1 saturated heterocycles. The van der Waals surface area contributed by atoms with Crippen molar-refractivity contribution >= 4 is 28.8 Å². The Hall–Kier alpha value is -1.57. The number of rotatable bonds is 5. The van der Waals surface area contributed by atoms with Gasteiger partial charge in [0.2, 0.25) is 0 Å². The van der Waals surface area contributed by atoms with Gasteiger partial charge in [0.05, 0.1) is 12.1 Å². The number of halogens is 3. The van der Waals surface area contributed by atoms with E-state index in [0.29, 0.717) is 30.9 Å². The van der Waals surface area contributed by atoms with Gasteiger partial charge in [0.25, 0.3) is 5.91 Å². The molecular weight excluding hydrogens is 370 g/mol. The molecule has 1 fully saturated rings. The molecule has 1 aliphatic rings. The molecule has 0 saturated carbocycles. The lowest BCUT2D eigenvalue weighted by Gasteiger charge is -2.38. The second-order valence-electron chi connectivity index (χ2n) is 6.11. The Bertz CT molecular complexity index is 717. The molecule has 1 atom stereocenters. The van der Waals surface area contributed by atoms with Crippen LogP contribution in [0.2, 0.25) is 5.02 Å². The predicted octanol–water partition coefficient (Wildman–Crippen LogP) is 3.80. The molecule has 0 radical (unpaired) electrons. The molecule has 1 N–H and O–H groups in total. The molecule has 1 aromatic carbocycles. The van der Waals surface area contributed by atoms with Crippen LogP contribution in [0.1, 0.15) is 23.4 Å². The summed E-state index contributed by atoms with van der Waals surface area (Å²) in [5, 5.41) is 4.05. The highest BCUT2D eigenvalue weighted by atomic mass is 35.5. The van der Waals surface area contributed by atoms with E-state index in [1.807, 2.05) is 12.1 Å². The standard InChI is InChI=1S/C17H17ClF2N2O2S/c18-13-4-2-12(3-5-13)10-16(6-1-8-24-11-16)22-14(23)17(19,20)15-21-7-9-25-15/h2-5,7,9H,1,6,8,10-11H2,(H,22,23). The van der Waals surface area contributed by atoms with Crippen molar-refractivity contribution in [3.05, 3.63) is 51.4 Å². The van der Waals surface area contributed by atoms with Gasteiger partial charge in [-0.15, -0.1) is 11.3 Å². The van der Waals surface area contributed by atoms with Crippen molar-refractivity contribution in [2.24, 2.45) is 0 Å². The van der Waals surface area contributed by atoms with Gasteiger partial charge >= 0.3 is 5.92 Å². The highest BCUT2D eigenvalue weighted by Crippen LogP contribution is 2.32. The number of amides is 1. The van der Waals surface area contributed by atoms with Gasteiger partial charge in [-0.3, -0.25) is 4.79 Å². The smallest absolute Gasteiger partial charge is 0.375 e. The van der Waals surface area contributed by atoms with E-state index in [4.69, 9.17) is 16.3 Å². The minimum Gasteiger partial charge on any atom is -0.379 e. The van der Waals surface area contributed by atoms with Crippen molar-refractivity contribution in [1.29, 1.82) is 0 Å². The predicted molar refractivity (Wildman–Crippen MR) is 92.1 cm³/mol. The van der Waals surface area contributed by atoms with Crippen LogP contribution in [0.25, 0.3) is 0 Å². The number of aromatic nitrogens is 1. The van der Waals surface area contributed by atoms with E-state index in [0.717, 1.165) is 16.9 Å². The fourth-order valence-corrected chi connectivity index (χ4v) is 3.66. The third-order valence-electron chi connectivity index (χ3n) is 4.14. The summed E-state index contributed by atoms with van der Waals surface area (Å²) in [5.41, 5.74) is 0.0249. The van der Waals surface area contributed by atoms with Crippen LogP contribution in [0.3, 0.4) is 0 Å². The Morgan fingerprint density at radius 3 is 2.76 bits per heavy atom. The van der Waals surface area contributed by atoms with E-state index in [1.165, 1.54) is 11.6 Å². The first-order valence-electron chi connectivity index (χ1n) is 7.84. The van der Waals surface area contributed by atoms with Gasteiger partial charge in [-0.25, -0.2) is 4.98 Å². The topological polar surface area (TPSA) is 51.2 Å². The lowest BCUT2D eigenvalue weighted by Crippen LogP contribution is -2.58. The summed E-state index contributed by atoms with van der Waals surface area (Å²) in [4.78, 5) is 15.9. The first-order valence-corrected chi connectivity index (χ1v) is 9.10. The third-order valence-corrected chi connectivity index (χ3v) is 5.24. The number of nitrogens with one attached hydrogen (secondary N) is 1. The molecule has 1 aromatic heterocycles. The maximum absolute atomic E-state index is 14.4. The first kappa shape index (κ1) is 18.2. The van der Waals surface area contributed by atoms with E-state index in [2.05, 4.69) is 10.3 Å². The molecule has 8 heteroatoms. The fourth-order valence-electron chi connectivity index (χ4n) is 2.92. The molecular formula is C17H17ClF2N2O2S. The van der Waals surface area contributed by atoms with E-state index >= 15 is 0 Å². The summed E-state index contributed by atoms with van der Waals surface area (Å²) in [7, 11) is 0. The number of thiazole rings is 1. The van der Waals surface area contributed by atoms with Crippen molar-refractivity contribution in [2.45, 2.75) is 30.7 Å². The number of benzene rings is 1. The van der Waals surface area contributed by atoms with Crippen LogP contribution in [0.5, 0.6) is 0 Å². The van der Waals surface area contributed by atoms with Gasteiger partial charge in [-0.2, -0.15) is 8.78 Å². The lowest BCUT2D eigenvalue weighted by molar-refractivity contribution is -0.151. The molecule has 1 unspecified atom stereocenters. The minimum absolute atomic E-state index is 0.190. The zero-order valence-electron chi connectivity index (χ0n) is 13.3. The van der Waals surface area contributed by atoms with Gasteiger partial charge in [-0.05, 0) is 37.0 Å². The fraction of sp³-hybridized carbons (Fsp3) is 0.412. The molecule has 3 rings (SSSR count). The summed E-state index contributed by atoms with van der Waals surface area (Å²) in [5.74, 6) is -5.01. The van der Waals surface area contributed by atoms with Crippen molar-refractivity contribution < 1.29 is 18.3 Å². The Morgan fingerprint density at radius 1 is 1.40 bits per heavy atom. The second-order valence-corrected chi connectivity index (χ2v) is 7.44. The number of alkyl halides is 2. The first-order chi connectivity index (χ1) is 11.9. The van der Waals surface area contributed by atoms with Crippen LogP contribution in [0, 0.1) is 0 Å². The lowest BCUT2D eigenvalue weighted by atomic mass is 9.85. The monoisotopic (exact) mass is 386 g/mol. The number of hydrogen-bond acceptors (Lipinski definition) is 4. The number of nitrogens with zero attached hydrogens (tertiary/aromatic N) is 1. The van der Waals surface area contributed by atoms with Crippen molar-refractivity contribution in [2.75, 3.05) is 13.2 Å².